The predicted octanol–water partition coefficient (Wildman–Crippen LogP) is 1.91. The summed E-state index contributed by atoms with van der Waals surface area (Å²) in [5.74, 6) is -0.245. The van der Waals surface area contributed by atoms with Gasteiger partial charge in [0.05, 0.1) is 19.3 Å². The molecule has 110 valence electrons. The van der Waals surface area contributed by atoms with Crippen molar-refractivity contribution in [2.45, 2.75) is 69.3 Å². The third-order valence-electron chi connectivity index (χ3n) is 4.95. The summed E-state index contributed by atoms with van der Waals surface area (Å²) in [4.78, 5) is 2.43. The molecule has 0 aromatic rings. The molecule has 2 aliphatic carbocycles. The minimum absolute atomic E-state index is 0.199. The highest BCUT2D eigenvalue weighted by Gasteiger charge is 2.44. The van der Waals surface area contributed by atoms with Crippen molar-refractivity contribution in [1.82, 2.24) is 4.90 Å². The average molecular weight is 269 g/mol. The van der Waals surface area contributed by atoms with Gasteiger partial charge in [0.15, 0.2) is 5.79 Å². The molecule has 1 saturated heterocycles. The Balaban J connectivity index is 1.53. The van der Waals surface area contributed by atoms with Crippen LogP contribution in [0.4, 0.5) is 0 Å². The fraction of sp³-hybridized carbons (Fsp3) is 1.00. The van der Waals surface area contributed by atoms with Gasteiger partial charge < -0.3 is 14.6 Å². The fourth-order valence-corrected chi connectivity index (χ4v) is 3.96. The SMILES string of the molecule is OCCN(CC1COC2(CCCC2)O1)C1CCCC1. The quantitative estimate of drug-likeness (QED) is 0.828. The summed E-state index contributed by atoms with van der Waals surface area (Å²) in [6.07, 6.45) is 10.0. The molecule has 1 atom stereocenters. The van der Waals surface area contributed by atoms with Gasteiger partial charge in [0.2, 0.25) is 0 Å². The average Bonchev–Trinajstić information content (AvgIpc) is 3.14. The Bertz CT molecular complexity index is 285. The maximum atomic E-state index is 9.26. The predicted molar refractivity (Wildman–Crippen MR) is 72.9 cm³/mol. The number of ether oxygens (including phenoxy) is 2. The number of hydrogen-bond acceptors (Lipinski definition) is 4. The normalized spacial score (nSPS) is 30.9. The van der Waals surface area contributed by atoms with Crippen LogP contribution in [0.2, 0.25) is 0 Å². The lowest BCUT2D eigenvalue weighted by Gasteiger charge is -2.30. The lowest BCUT2D eigenvalue weighted by atomic mass is 10.2. The number of rotatable bonds is 5. The molecule has 2 saturated carbocycles. The summed E-state index contributed by atoms with van der Waals surface area (Å²) in [5, 5.41) is 9.26. The smallest absolute Gasteiger partial charge is 0.168 e. The Morgan fingerprint density at radius 2 is 1.84 bits per heavy atom. The Morgan fingerprint density at radius 3 is 2.53 bits per heavy atom. The van der Waals surface area contributed by atoms with E-state index in [4.69, 9.17) is 9.47 Å². The lowest BCUT2D eigenvalue weighted by Crippen LogP contribution is -2.42. The topological polar surface area (TPSA) is 41.9 Å². The van der Waals surface area contributed by atoms with Crippen molar-refractivity contribution < 1.29 is 14.6 Å². The van der Waals surface area contributed by atoms with Gasteiger partial charge in [-0.05, 0) is 25.7 Å². The van der Waals surface area contributed by atoms with Crippen LogP contribution in [0.5, 0.6) is 0 Å². The molecule has 3 aliphatic rings. The first kappa shape index (κ1) is 13.8. The van der Waals surface area contributed by atoms with Crippen LogP contribution in [0.1, 0.15) is 51.4 Å². The molecule has 0 bridgehead atoms. The molecule has 0 amide bonds. The number of aliphatic hydroxyl groups is 1. The molecule has 0 aromatic carbocycles. The molecule has 4 heteroatoms. The zero-order chi connectivity index (χ0) is 13.1. The van der Waals surface area contributed by atoms with Crippen LogP contribution in [0.15, 0.2) is 0 Å². The van der Waals surface area contributed by atoms with Gasteiger partial charge >= 0.3 is 0 Å². The van der Waals surface area contributed by atoms with E-state index in [1.165, 1.54) is 38.5 Å². The Morgan fingerprint density at radius 1 is 1.11 bits per heavy atom. The van der Waals surface area contributed by atoms with E-state index in [1.807, 2.05) is 0 Å². The van der Waals surface area contributed by atoms with Gasteiger partial charge in [-0.3, -0.25) is 4.90 Å². The lowest BCUT2D eigenvalue weighted by molar-refractivity contribution is -0.164. The van der Waals surface area contributed by atoms with Gasteiger partial charge in [-0.1, -0.05) is 12.8 Å². The molecule has 3 rings (SSSR count). The summed E-state index contributed by atoms with van der Waals surface area (Å²) < 4.78 is 12.1. The van der Waals surface area contributed by atoms with Gasteiger partial charge in [-0.15, -0.1) is 0 Å². The van der Waals surface area contributed by atoms with E-state index in [1.54, 1.807) is 0 Å². The van der Waals surface area contributed by atoms with Gasteiger partial charge in [-0.2, -0.15) is 0 Å². The van der Waals surface area contributed by atoms with Gasteiger partial charge in [-0.25, -0.2) is 0 Å². The minimum atomic E-state index is -0.245. The van der Waals surface area contributed by atoms with Gasteiger partial charge in [0.25, 0.3) is 0 Å². The zero-order valence-corrected chi connectivity index (χ0v) is 11.9. The van der Waals surface area contributed by atoms with Crippen molar-refractivity contribution in [2.75, 3.05) is 26.3 Å². The van der Waals surface area contributed by atoms with Crippen LogP contribution < -0.4 is 0 Å². The Hall–Kier alpha value is -0.160. The molecule has 19 heavy (non-hydrogen) atoms. The van der Waals surface area contributed by atoms with Crippen LogP contribution in [0.25, 0.3) is 0 Å². The summed E-state index contributed by atoms with van der Waals surface area (Å²) in [5.41, 5.74) is 0. The summed E-state index contributed by atoms with van der Waals surface area (Å²) >= 11 is 0. The van der Waals surface area contributed by atoms with Crippen molar-refractivity contribution in [2.24, 2.45) is 0 Å². The highest BCUT2D eigenvalue weighted by atomic mass is 16.7. The molecule has 0 radical (unpaired) electrons. The number of nitrogens with zero attached hydrogens (tertiary/aromatic N) is 1. The number of hydrogen-bond donors (Lipinski definition) is 1. The maximum Gasteiger partial charge on any atom is 0.168 e. The van der Waals surface area contributed by atoms with Crippen molar-refractivity contribution in [1.29, 1.82) is 0 Å². The monoisotopic (exact) mass is 269 g/mol. The third kappa shape index (κ3) is 3.13. The zero-order valence-electron chi connectivity index (χ0n) is 11.9. The molecule has 1 heterocycles. The molecule has 1 spiro atoms. The van der Waals surface area contributed by atoms with Crippen molar-refractivity contribution in [3.63, 3.8) is 0 Å². The van der Waals surface area contributed by atoms with E-state index in [9.17, 15) is 5.11 Å². The minimum Gasteiger partial charge on any atom is -0.395 e. The fourth-order valence-electron chi connectivity index (χ4n) is 3.96. The van der Waals surface area contributed by atoms with Crippen LogP contribution in [-0.4, -0.2) is 54.2 Å². The first-order chi connectivity index (χ1) is 9.31. The summed E-state index contributed by atoms with van der Waals surface area (Å²) in [6, 6.07) is 0.649. The number of aliphatic hydroxyl groups excluding tert-OH is 1. The van der Waals surface area contributed by atoms with Crippen LogP contribution in [-0.2, 0) is 9.47 Å². The van der Waals surface area contributed by atoms with E-state index < -0.39 is 0 Å². The largest absolute Gasteiger partial charge is 0.395 e. The molecule has 1 unspecified atom stereocenters. The van der Waals surface area contributed by atoms with Crippen LogP contribution in [0, 0.1) is 0 Å². The Labute approximate surface area is 116 Å². The molecule has 3 fully saturated rings. The van der Waals surface area contributed by atoms with E-state index >= 15 is 0 Å². The highest BCUT2D eigenvalue weighted by Crippen LogP contribution is 2.39. The Kier molecular flexibility index (Phi) is 4.42. The second kappa shape index (κ2) is 6.08. The molecule has 4 nitrogen and oxygen atoms in total. The van der Waals surface area contributed by atoms with Crippen LogP contribution in [0.3, 0.4) is 0 Å². The highest BCUT2D eigenvalue weighted by molar-refractivity contribution is 4.87. The van der Waals surface area contributed by atoms with Crippen molar-refractivity contribution >= 4 is 0 Å². The molecular weight excluding hydrogens is 242 g/mol. The van der Waals surface area contributed by atoms with Gasteiger partial charge in [0.1, 0.15) is 0 Å². The standard InChI is InChI=1S/C15H27NO3/c17-10-9-16(13-5-1-2-6-13)11-14-12-18-15(19-14)7-3-4-8-15/h13-14,17H,1-12H2. The molecule has 0 aromatic heterocycles. The summed E-state index contributed by atoms with van der Waals surface area (Å²) in [7, 11) is 0. The molecule has 1 N–H and O–H groups in total. The van der Waals surface area contributed by atoms with E-state index in [-0.39, 0.29) is 18.5 Å². The molecular formula is C15H27NO3. The van der Waals surface area contributed by atoms with E-state index in [2.05, 4.69) is 4.90 Å². The first-order valence-electron chi connectivity index (χ1n) is 7.98. The summed E-state index contributed by atoms with van der Waals surface area (Å²) in [6.45, 7) is 2.67. The second-order valence-corrected chi connectivity index (χ2v) is 6.33. The van der Waals surface area contributed by atoms with Gasteiger partial charge in [0, 0.05) is 32.0 Å². The van der Waals surface area contributed by atoms with E-state index in [0.29, 0.717) is 6.04 Å². The second-order valence-electron chi connectivity index (χ2n) is 6.33. The maximum absolute atomic E-state index is 9.26. The van der Waals surface area contributed by atoms with Crippen LogP contribution >= 0.6 is 0 Å². The van der Waals surface area contributed by atoms with Crippen molar-refractivity contribution in [3.8, 4) is 0 Å². The van der Waals surface area contributed by atoms with Crippen molar-refractivity contribution in [3.05, 3.63) is 0 Å². The first-order valence-corrected chi connectivity index (χ1v) is 7.98. The third-order valence-corrected chi connectivity index (χ3v) is 4.95. The van der Waals surface area contributed by atoms with E-state index in [0.717, 1.165) is 32.5 Å². The molecule has 1 aliphatic heterocycles.